The van der Waals surface area contributed by atoms with Crippen LogP contribution in [0.3, 0.4) is 0 Å². The van der Waals surface area contributed by atoms with Crippen molar-refractivity contribution in [3.63, 3.8) is 0 Å². The average molecular weight is 500 g/mol. The highest BCUT2D eigenvalue weighted by molar-refractivity contribution is 7.99. The van der Waals surface area contributed by atoms with Crippen molar-refractivity contribution in [2.24, 2.45) is 0 Å². The number of fused-ring (bicyclic) bond motifs is 1. The van der Waals surface area contributed by atoms with E-state index in [1.54, 1.807) is 0 Å². The number of nitrogens with one attached hydrogen (secondary N) is 1. The van der Waals surface area contributed by atoms with Crippen molar-refractivity contribution in [2.45, 2.75) is 19.4 Å². The van der Waals surface area contributed by atoms with Crippen LogP contribution >= 0.6 is 11.8 Å². The topological polar surface area (TPSA) is 55.5 Å². The summed E-state index contributed by atoms with van der Waals surface area (Å²) in [5.74, 6) is 3.41. The van der Waals surface area contributed by atoms with Crippen LogP contribution in [0.4, 0.5) is 5.69 Å². The lowest BCUT2D eigenvalue weighted by molar-refractivity contribution is 0.0628. The van der Waals surface area contributed by atoms with Gasteiger partial charge in [0, 0.05) is 74.1 Å². The second kappa shape index (κ2) is 10.5. The standard InChI is InChI=1S/C29H33N5OS/c35-29(24-9-10-26-27(20-24)31-28(30-26)23-6-2-1-3-7-23)34-13-11-32(12-14-34)21-22-5-4-8-25(19-22)33-15-17-36-18-16-33/h2,4-10,19-20H,1,3,11-18,21H2,(H,30,31). The summed E-state index contributed by atoms with van der Waals surface area (Å²) in [4.78, 5) is 28.4. The van der Waals surface area contributed by atoms with Crippen LogP contribution < -0.4 is 4.90 Å². The van der Waals surface area contributed by atoms with E-state index in [0.29, 0.717) is 0 Å². The molecular weight excluding hydrogens is 466 g/mol. The maximum Gasteiger partial charge on any atom is 0.254 e. The van der Waals surface area contributed by atoms with E-state index in [0.717, 1.165) is 86.6 Å². The van der Waals surface area contributed by atoms with E-state index < -0.39 is 0 Å². The van der Waals surface area contributed by atoms with E-state index in [-0.39, 0.29) is 5.91 Å². The van der Waals surface area contributed by atoms with Gasteiger partial charge < -0.3 is 14.8 Å². The molecule has 1 aromatic heterocycles. The molecule has 6 nitrogen and oxygen atoms in total. The third kappa shape index (κ3) is 5.08. The van der Waals surface area contributed by atoms with Gasteiger partial charge >= 0.3 is 0 Å². The van der Waals surface area contributed by atoms with E-state index in [1.165, 1.54) is 22.8 Å². The number of anilines is 1. The fourth-order valence-corrected chi connectivity index (χ4v) is 6.19. The number of allylic oxidation sites excluding steroid dienone is 4. The normalized spacial score (nSPS) is 19.1. The second-order valence-corrected chi connectivity index (χ2v) is 11.0. The van der Waals surface area contributed by atoms with Crippen molar-refractivity contribution < 1.29 is 4.79 Å². The third-order valence-corrected chi connectivity index (χ3v) is 8.29. The number of piperazine rings is 1. The monoisotopic (exact) mass is 499 g/mol. The number of aromatic nitrogens is 2. The highest BCUT2D eigenvalue weighted by Crippen LogP contribution is 2.24. The molecule has 0 bridgehead atoms. The summed E-state index contributed by atoms with van der Waals surface area (Å²) in [6, 6.07) is 14.8. The Hall–Kier alpha value is -3.03. The second-order valence-electron chi connectivity index (χ2n) is 9.79. The number of H-pyrrole nitrogens is 1. The fraction of sp³-hybridized carbons (Fsp3) is 0.379. The number of nitrogens with zero attached hydrogens (tertiary/aromatic N) is 4. The van der Waals surface area contributed by atoms with E-state index in [4.69, 9.17) is 4.98 Å². The zero-order valence-corrected chi connectivity index (χ0v) is 21.5. The number of benzene rings is 2. The Morgan fingerprint density at radius 1 is 0.972 bits per heavy atom. The van der Waals surface area contributed by atoms with Crippen LogP contribution in [0.15, 0.2) is 60.7 Å². The molecule has 3 aromatic rings. The molecule has 1 aliphatic carbocycles. The zero-order valence-electron chi connectivity index (χ0n) is 20.7. The van der Waals surface area contributed by atoms with Crippen molar-refractivity contribution in [3.05, 3.63) is 77.6 Å². The number of rotatable bonds is 5. The minimum Gasteiger partial charge on any atom is -0.370 e. The van der Waals surface area contributed by atoms with Gasteiger partial charge in [0.2, 0.25) is 0 Å². The predicted molar refractivity (Wildman–Crippen MR) is 150 cm³/mol. The number of carbonyl (C=O) groups is 1. The smallest absolute Gasteiger partial charge is 0.254 e. The van der Waals surface area contributed by atoms with Crippen LogP contribution in [-0.4, -0.2) is 76.4 Å². The maximum atomic E-state index is 13.3. The van der Waals surface area contributed by atoms with Crippen molar-refractivity contribution >= 4 is 40.0 Å². The molecule has 7 heteroatoms. The molecule has 0 saturated carbocycles. The van der Waals surface area contributed by atoms with Crippen molar-refractivity contribution in [2.75, 3.05) is 55.7 Å². The first-order valence-corrected chi connectivity index (χ1v) is 14.2. The Kier molecular flexibility index (Phi) is 6.84. The van der Waals surface area contributed by atoms with E-state index in [2.05, 4.69) is 57.3 Å². The highest BCUT2D eigenvalue weighted by Gasteiger charge is 2.23. The summed E-state index contributed by atoms with van der Waals surface area (Å²) in [7, 11) is 0. The first kappa shape index (κ1) is 23.4. The number of carbonyl (C=O) groups excluding carboxylic acids is 1. The lowest BCUT2D eigenvalue weighted by atomic mass is 10.1. The Bertz CT molecular complexity index is 1300. The van der Waals surface area contributed by atoms with Crippen LogP contribution in [0, 0.1) is 0 Å². The minimum atomic E-state index is 0.106. The van der Waals surface area contributed by atoms with Crippen LogP contribution in [0.5, 0.6) is 0 Å². The lowest BCUT2D eigenvalue weighted by Gasteiger charge is -2.35. The summed E-state index contributed by atoms with van der Waals surface area (Å²) in [6.45, 7) is 6.51. The van der Waals surface area contributed by atoms with Gasteiger partial charge in [-0.25, -0.2) is 4.98 Å². The zero-order chi connectivity index (χ0) is 24.3. The molecule has 2 fully saturated rings. The van der Waals surface area contributed by atoms with Crippen LogP contribution in [0.1, 0.15) is 34.6 Å². The molecule has 186 valence electrons. The number of aromatic amines is 1. The molecule has 6 rings (SSSR count). The van der Waals surface area contributed by atoms with E-state index in [1.807, 2.05) is 34.9 Å². The molecule has 2 saturated heterocycles. The summed E-state index contributed by atoms with van der Waals surface area (Å²) in [5.41, 5.74) is 6.37. The molecule has 2 aromatic carbocycles. The van der Waals surface area contributed by atoms with Gasteiger partial charge in [0.25, 0.3) is 5.91 Å². The summed E-state index contributed by atoms with van der Waals surface area (Å²) >= 11 is 2.04. The average Bonchev–Trinajstić information content (AvgIpc) is 3.38. The van der Waals surface area contributed by atoms with Crippen molar-refractivity contribution in [3.8, 4) is 0 Å². The SMILES string of the molecule is O=C(c1ccc2nc(C3=CCCC=C3)[nH]c2c1)N1CCN(Cc2cccc(N3CCSCC3)c2)CC1. The number of imidazole rings is 1. The Morgan fingerprint density at radius 3 is 2.64 bits per heavy atom. The largest absolute Gasteiger partial charge is 0.370 e. The highest BCUT2D eigenvalue weighted by atomic mass is 32.2. The molecule has 3 heterocycles. The molecular formula is C29H33N5OS. The van der Waals surface area contributed by atoms with E-state index >= 15 is 0 Å². The molecule has 36 heavy (non-hydrogen) atoms. The van der Waals surface area contributed by atoms with Gasteiger partial charge in [-0.2, -0.15) is 11.8 Å². The number of amides is 1. The first-order chi connectivity index (χ1) is 17.7. The van der Waals surface area contributed by atoms with Gasteiger partial charge in [-0.15, -0.1) is 0 Å². The molecule has 0 unspecified atom stereocenters. The number of hydrogen-bond donors (Lipinski definition) is 1. The molecule has 2 aliphatic heterocycles. The molecule has 3 aliphatic rings. The molecule has 1 N–H and O–H groups in total. The van der Waals surface area contributed by atoms with Crippen molar-refractivity contribution in [1.82, 2.24) is 19.8 Å². The van der Waals surface area contributed by atoms with Gasteiger partial charge in [-0.05, 0) is 48.7 Å². The van der Waals surface area contributed by atoms with Gasteiger partial charge in [-0.1, -0.05) is 30.4 Å². The Labute approximate surface area is 217 Å². The van der Waals surface area contributed by atoms with Crippen LogP contribution in [0.25, 0.3) is 16.6 Å². The minimum absolute atomic E-state index is 0.106. The summed E-state index contributed by atoms with van der Waals surface area (Å²) in [6.07, 6.45) is 8.64. The number of hydrogen-bond acceptors (Lipinski definition) is 5. The summed E-state index contributed by atoms with van der Waals surface area (Å²) in [5, 5.41) is 0. The predicted octanol–water partition coefficient (Wildman–Crippen LogP) is 4.81. The van der Waals surface area contributed by atoms with Gasteiger partial charge in [0.05, 0.1) is 11.0 Å². The van der Waals surface area contributed by atoms with E-state index in [9.17, 15) is 4.79 Å². The van der Waals surface area contributed by atoms with Crippen LogP contribution in [-0.2, 0) is 6.54 Å². The fourth-order valence-electron chi connectivity index (χ4n) is 5.29. The van der Waals surface area contributed by atoms with Gasteiger partial charge in [-0.3, -0.25) is 9.69 Å². The summed E-state index contributed by atoms with van der Waals surface area (Å²) < 4.78 is 0. The third-order valence-electron chi connectivity index (χ3n) is 7.35. The molecule has 0 radical (unpaired) electrons. The lowest BCUT2D eigenvalue weighted by Crippen LogP contribution is -2.48. The van der Waals surface area contributed by atoms with Crippen molar-refractivity contribution in [1.29, 1.82) is 0 Å². The van der Waals surface area contributed by atoms with Gasteiger partial charge in [0.15, 0.2) is 0 Å². The van der Waals surface area contributed by atoms with Gasteiger partial charge in [0.1, 0.15) is 5.82 Å². The molecule has 1 amide bonds. The number of thioether (sulfide) groups is 1. The molecule has 0 spiro atoms. The molecule has 0 atom stereocenters. The van der Waals surface area contributed by atoms with Crippen LogP contribution in [0.2, 0.25) is 0 Å². The Morgan fingerprint density at radius 2 is 1.83 bits per heavy atom. The first-order valence-electron chi connectivity index (χ1n) is 13.0. The Balaban J connectivity index is 1.07. The maximum absolute atomic E-state index is 13.3. The quantitative estimate of drug-likeness (QED) is 0.546.